The van der Waals surface area contributed by atoms with Gasteiger partial charge in [-0.1, -0.05) is 6.92 Å². The monoisotopic (exact) mass is 310 g/mol. The zero-order valence-electron chi connectivity index (χ0n) is 12.0. The van der Waals surface area contributed by atoms with Crippen LogP contribution in [0.2, 0.25) is 0 Å². The minimum atomic E-state index is -1.04. The molecule has 0 atom stereocenters. The largest absolute Gasteiger partial charge is 0.478 e. The molecule has 0 aliphatic carbocycles. The van der Waals surface area contributed by atoms with Crippen LogP contribution in [0.3, 0.4) is 0 Å². The molecule has 0 saturated heterocycles. The number of carbonyl (C=O) groups excluding carboxylic acids is 2. The maximum atomic E-state index is 12.1. The van der Waals surface area contributed by atoms with Crippen molar-refractivity contribution in [1.29, 1.82) is 0 Å². The molecule has 0 radical (unpaired) electrons. The molecule has 0 aliphatic rings. The van der Waals surface area contributed by atoms with Crippen molar-refractivity contribution in [3.63, 3.8) is 0 Å². The summed E-state index contributed by atoms with van der Waals surface area (Å²) < 4.78 is 0. The Morgan fingerprint density at radius 1 is 1.43 bits per heavy atom. The van der Waals surface area contributed by atoms with Crippen molar-refractivity contribution in [2.45, 2.75) is 13.3 Å². The van der Waals surface area contributed by atoms with E-state index < -0.39 is 5.97 Å². The zero-order chi connectivity index (χ0) is 15.8. The highest BCUT2D eigenvalue weighted by molar-refractivity contribution is 7.11. The van der Waals surface area contributed by atoms with Gasteiger partial charge in [0.05, 0.1) is 12.1 Å². The molecule has 0 spiro atoms. The molecular formula is C14H18N2O4S. The summed E-state index contributed by atoms with van der Waals surface area (Å²) in [6.45, 7) is 2.53. The molecule has 114 valence electrons. The summed E-state index contributed by atoms with van der Waals surface area (Å²) in [5.41, 5.74) is 0.441. The van der Waals surface area contributed by atoms with Crippen LogP contribution in [0.4, 0.5) is 0 Å². The average Bonchev–Trinajstić information content (AvgIpc) is 2.90. The summed E-state index contributed by atoms with van der Waals surface area (Å²) in [7, 11) is 1.55. The van der Waals surface area contributed by atoms with E-state index in [-0.39, 0.29) is 18.4 Å². The minimum absolute atomic E-state index is 0.00498. The van der Waals surface area contributed by atoms with E-state index in [1.807, 2.05) is 6.92 Å². The maximum absolute atomic E-state index is 12.1. The fraction of sp³-hybridized carbons (Fsp3) is 0.357. The fourth-order valence-corrected chi connectivity index (χ4v) is 2.31. The molecule has 7 heteroatoms. The van der Waals surface area contributed by atoms with Gasteiger partial charge in [-0.05, 0) is 18.6 Å². The van der Waals surface area contributed by atoms with E-state index in [1.165, 1.54) is 22.3 Å². The lowest BCUT2D eigenvalue weighted by Crippen LogP contribution is -2.38. The standard InChI is InChI=1S/C14H18N2O4S/c1-3-6-15-12(17)8-16(2)14(20)10-7-11(21-9-10)4-5-13(18)19/h4-5,7,9H,3,6,8H2,1-2H3,(H,15,17)(H,18,19). The van der Waals surface area contributed by atoms with Gasteiger partial charge < -0.3 is 15.3 Å². The first-order valence-corrected chi connectivity index (χ1v) is 7.33. The number of thiophene rings is 1. The van der Waals surface area contributed by atoms with Gasteiger partial charge in [0.25, 0.3) is 5.91 Å². The number of carbonyl (C=O) groups is 3. The van der Waals surface area contributed by atoms with Crippen LogP contribution in [0.1, 0.15) is 28.6 Å². The Kier molecular flexibility index (Phi) is 6.61. The lowest BCUT2D eigenvalue weighted by Gasteiger charge is -2.15. The second kappa shape index (κ2) is 8.21. The van der Waals surface area contributed by atoms with E-state index in [4.69, 9.17) is 5.11 Å². The summed E-state index contributed by atoms with van der Waals surface area (Å²) in [4.78, 5) is 36.1. The van der Waals surface area contributed by atoms with Crippen LogP contribution in [0.15, 0.2) is 17.5 Å². The molecule has 1 rings (SSSR count). The Morgan fingerprint density at radius 3 is 2.76 bits per heavy atom. The number of nitrogens with zero attached hydrogens (tertiary/aromatic N) is 1. The Morgan fingerprint density at radius 2 is 2.14 bits per heavy atom. The second-order valence-electron chi connectivity index (χ2n) is 4.42. The van der Waals surface area contributed by atoms with Crippen LogP contribution >= 0.6 is 11.3 Å². The third-order valence-electron chi connectivity index (χ3n) is 2.56. The highest BCUT2D eigenvalue weighted by Gasteiger charge is 2.15. The van der Waals surface area contributed by atoms with Crippen molar-refractivity contribution in [3.05, 3.63) is 28.0 Å². The zero-order valence-corrected chi connectivity index (χ0v) is 12.8. The van der Waals surface area contributed by atoms with E-state index in [0.717, 1.165) is 12.5 Å². The quantitative estimate of drug-likeness (QED) is 0.746. The average molecular weight is 310 g/mol. The molecular weight excluding hydrogens is 292 g/mol. The third-order valence-corrected chi connectivity index (χ3v) is 3.45. The van der Waals surface area contributed by atoms with Gasteiger partial charge in [-0.3, -0.25) is 9.59 Å². The topological polar surface area (TPSA) is 86.7 Å². The van der Waals surface area contributed by atoms with Crippen LogP contribution in [0.25, 0.3) is 6.08 Å². The summed E-state index contributed by atoms with van der Waals surface area (Å²) in [5.74, 6) is -1.51. The normalized spacial score (nSPS) is 10.6. The Labute approximate surface area is 127 Å². The van der Waals surface area contributed by atoms with Crippen molar-refractivity contribution >= 4 is 35.2 Å². The summed E-state index contributed by atoms with van der Waals surface area (Å²) >= 11 is 1.27. The van der Waals surface area contributed by atoms with Crippen molar-refractivity contribution in [1.82, 2.24) is 10.2 Å². The van der Waals surface area contributed by atoms with Gasteiger partial charge in [0.1, 0.15) is 0 Å². The van der Waals surface area contributed by atoms with E-state index in [0.29, 0.717) is 17.0 Å². The summed E-state index contributed by atoms with van der Waals surface area (Å²) in [5, 5.41) is 12.9. The number of hydrogen-bond acceptors (Lipinski definition) is 4. The van der Waals surface area contributed by atoms with Gasteiger partial charge in [0.15, 0.2) is 0 Å². The van der Waals surface area contributed by atoms with Gasteiger partial charge in [0.2, 0.25) is 5.91 Å². The van der Waals surface area contributed by atoms with E-state index in [2.05, 4.69) is 5.32 Å². The highest BCUT2D eigenvalue weighted by atomic mass is 32.1. The van der Waals surface area contributed by atoms with E-state index >= 15 is 0 Å². The molecule has 2 N–H and O–H groups in total. The number of amides is 2. The molecule has 1 heterocycles. The van der Waals surface area contributed by atoms with Crippen LogP contribution < -0.4 is 5.32 Å². The number of carboxylic acid groups (broad SMARTS) is 1. The lowest BCUT2D eigenvalue weighted by molar-refractivity contribution is -0.131. The lowest BCUT2D eigenvalue weighted by atomic mass is 10.2. The second-order valence-corrected chi connectivity index (χ2v) is 5.36. The SMILES string of the molecule is CCCNC(=O)CN(C)C(=O)c1csc(C=CC(=O)O)c1. The van der Waals surface area contributed by atoms with Gasteiger partial charge in [0, 0.05) is 29.9 Å². The number of aliphatic carboxylic acids is 1. The molecule has 6 nitrogen and oxygen atoms in total. The van der Waals surface area contributed by atoms with Crippen LogP contribution in [0, 0.1) is 0 Å². The van der Waals surface area contributed by atoms with E-state index in [1.54, 1.807) is 18.5 Å². The predicted molar refractivity (Wildman–Crippen MR) is 81.3 cm³/mol. The Bertz CT molecular complexity index is 551. The van der Waals surface area contributed by atoms with Crippen molar-refractivity contribution in [2.75, 3.05) is 20.1 Å². The smallest absolute Gasteiger partial charge is 0.328 e. The molecule has 0 unspecified atom stereocenters. The molecule has 1 aromatic rings. The molecule has 21 heavy (non-hydrogen) atoms. The first-order valence-electron chi connectivity index (χ1n) is 6.45. The summed E-state index contributed by atoms with van der Waals surface area (Å²) in [6.07, 6.45) is 3.28. The number of hydrogen-bond donors (Lipinski definition) is 2. The Hall–Kier alpha value is -2.15. The number of nitrogens with one attached hydrogen (secondary N) is 1. The predicted octanol–water partition coefficient (Wildman–Crippen LogP) is 1.44. The van der Waals surface area contributed by atoms with Gasteiger partial charge in [-0.15, -0.1) is 11.3 Å². The minimum Gasteiger partial charge on any atom is -0.478 e. The van der Waals surface area contributed by atoms with Crippen LogP contribution in [-0.2, 0) is 9.59 Å². The highest BCUT2D eigenvalue weighted by Crippen LogP contribution is 2.17. The third kappa shape index (κ3) is 5.78. The maximum Gasteiger partial charge on any atom is 0.328 e. The first kappa shape index (κ1) is 16.9. The number of carboxylic acids is 1. The molecule has 0 saturated carbocycles. The number of likely N-dealkylation sites (N-methyl/N-ethyl adjacent to an activating group) is 1. The summed E-state index contributed by atoms with van der Waals surface area (Å²) in [6, 6.07) is 1.60. The van der Waals surface area contributed by atoms with Crippen molar-refractivity contribution in [2.24, 2.45) is 0 Å². The van der Waals surface area contributed by atoms with Gasteiger partial charge in [-0.25, -0.2) is 4.79 Å². The molecule has 2 amide bonds. The Balaban J connectivity index is 2.62. The molecule has 0 aromatic carbocycles. The molecule has 0 fully saturated rings. The first-order chi connectivity index (χ1) is 9.93. The van der Waals surface area contributed by atoms with Gasteiger partial charge >= 0.3 is 5.97 Å². The van der Waals surface area contributed by atoms with Crippen LogP contribution in [0.5, 0.6) is 0 Å². The van der Waals surface area contributed by atoms with Gasteiger partial charge in [-0.2, -0.15) is 0 Å². The molecule has 0 bridgehead atoms. The fourth-order valence-electron chi connectivity index (χ4n) is 1.53. The van der Waals surface area contributed by atoms with Crippen LogP contribution in [-0.4, -0.2) is 47.9 Å². The molecule has 0 aliphatic heterocycles. The number of rotatable bonds is 7. The molecule has 1 aromatic heterocycles. The van der Waals surface area contributed by atoms with Crippen molar-refractivity contribution < 1.29 is 19.5 Å². The van der Waals surface area contributed by atoms with E-state index in [9.17, 15) is 14.4 Å². The van der Waals surface area contributed by atoms with Crippen molar-refractivity contribution in [3.8, 4) is 0 Å².